The number of aliphatic hydroxyl groups is 1. The predicted molar refractivity (Wildman–Crippen MR) is 89.1 cm³/mol. The minimum Gasteiger partial charge on any atom is -0.391 e. The van der Waals surface area contributed by atoms with Crippen LogP contribution >= 0.6 is 0 Å². The highest BCUT2D eigenvalue weighted by Crippen LogP contribution is 2.20. The second-order valence-electron chi connectivity index (χ2n) is 6.06. The summed E-state index contributed by atoms with van der Waals surface area (Å²) in [5.74, 6) is -0.250. The molecule has 0 aromatic heterocycles. The Labute approximate surface area is 136 Å². The molecule has 1 fully saturated rings. The van der Waals surface area contributed by atoms with Crippen molar-refractivity contribution in [1.82, 2.24) is 10.6 Å². The molecule has 0 aliphatic carbocycles. The van der Waals surface area contributed by atoms with Crippen LogP contribution in [-0.4, -0.2) is 42.9 Å². The van der Waals surface area contributed by atoms with E-state index >= 15 is 0 Å². The van der Waals surface area contributed by atoms with Gasteiger partial charge in [-0.15, -0.1) is 0 Å². The molecule has 1 saturated heterocycles. The number of amides is 2. The van der Waals surface area contributed by atoms with E-state index < -0.39 is 6.10 Å². The molecule has 2 amide bonds. The first-order chi connectivity index (χ1) is 11.1. The lowest BCUT2D eigenvalue weighted by Gasteiger charge is -2.34. The number of nitrogens with zero attached hydrogens (tertiary/aromatic N) is 1. The highest BCUT2D eigenvalue weighted by Gasteiger charge is 2.22. The third-order valence-electron chi connectivity index (χ3n) is 4.05. The number of halogens is 1. The van der Waals surface area contributed by atoms with E-state index in [1.807, 2.05) is 13.0 Å². The lowest BCUT2D eigenvalue weighted by atomic mass is 10.0. The van der Waals surface area contributed by atoms with Crippen LogP contribution in [0.2, 0.25) is 0 Å². The van der Waals surface area contributed by atoms with Crippen molar-refractivity contribution in [3.05, 3.63) is 30.1 Å². The average Bonchev–Trinajstić information content (AvgIpc) is 2.53. The van der Waals surface area contributed by atoms with Gasteiger partial charge in [-0.05, 0) is 37.5 Å². The summed E-state index contributed by atoms with van der Waals surface area (Å²) in [5.41, 5.74) is 0.843. The van der Waals surface area contributed by atoms with Crippen LogP contribution in [0.15, 0.2) is 24.3 Å². The highest BCUT2D eigenvalue weighted by atomic mass is 19.1. The van der Waals surface area contributed by atoms with Gasteiger partial charge in [0.05, 0.1) is 6.10 Å². The second kappa shape index (κ2) is 8.72. The van der Waals surface area contributed by atoms with Gasteiger partial charge in [0.1, 0.15) is 5.82 Å². The topological polar surface area (TPSA) is 64.6 Å². The lowest BCUT2D eigenvalue weighted by Crippen LogP contribution is -2.51. The summed E-state index contributed by atoms with van der Waals surface area (Å²) in [6, 6.07) is 6.29. The number of urea groups is 1. The number of hydrogen-bond donors (Lipinski definition) is 3. The van der Waals surface area contributed by atoms with Crippen molar-refractivity contribution >= 4 is 11.7 Å². The number of carbonyl (C=O) groups is 1. The fourth-order valence-corrected chi connectivity index (χ4v) is 2.88. The molecule has 2 unspecified atom stereocenters. The molecule has 128 valence electrons. The molecule has 1 aliphatic rings. The molecule has 3 N–H and O–H groups in total. The van der Waals surface area contributed by atoms with Gasteiger partial charge in [0.15, 0.2) is 0 Å². The first-order valence-corrected chi connectivity index (χ1v) is 8.31. The fraction of sp³-hybridized carbons (Fsp3) is 0.588. The van der Waals surface area contributed by atoms with E-state index in [1.54, 1.807) is 6.07 Å². The summed E-state index contributed by atoms with van der Waals surface area (Å²) in [7, 11) is 0. The van der Waals surface area contributed by atoms with Crippen molar-refractivity contribution in [3.8, 4) is 0 Å². The van der Waals surface area contributed by atoms with Crippen LogP contribution in [0.25, 0.3) is 0 Å². The second-order valence-corrected chi connectivity index (χ2v) is 6.06. The lowest BCUT2D eigenvalue weighted by molar-refractivity contribution is 0.159. The summed E-state index contributed by atoms with van der Waals surface area (Å²) in [6.45, 7) is 3.78. The molecule has 2 rings (SSSR count). The van der Waals surface area contributed by atoms with Crippen LogP contribution in [0, 0.1) is 5.82 Å². The maximum atomic E-state index is 13.3. The molecule has 1 heterocycles. The number of benzene rings is 1. The van der Waals surface area contributed by atoms with Crippen LogP contribution in [-0.2, 0) is 0 Å². The van der Waals surface area contributed by atoms with Crippen molar-refractivity contribution < 1.29 is 14.3 Å². The Morgan fingerprint density at radius 3 is 3.09 bits per heavy atom. The molecule has 2 atom stereocenters. The molecule has 6 heteroatoms. The van der Waals surface area contributed by atoms with Gasteiger partial charge in [-0.1, -0.05) is 19.4 Å². The van der Waals surface area contributed by atoms with Gasteiger partial charge in [0.25, 0.3) is 0 Å². The Morgan fingerprint density at radius 1 is 1.52 bits per heavy atom. The molecule has 5 nitrogen and oxygen atoms in total. The van der Waals surface area contributed by atoms with E-state index in [4.69, 9.17) is 0 Å². The van der Waals surface area contributed by atoms with Crippen LogP contribution < -0.4 is 15.5 Å². The van der Waals surface area contributed by atoms with E-state index in [0.717, 1.165) is 31.5 Å². The molecular formula is C17H26FN3O2. The number of hydrogen-bond acceptors (Lipinski definition) is 3. The quantitative estimate of drug-likeness (QED) is 0.752. The molecule has 0 saturated carbocycles. The van der Waals surface area contributed by atoms with Crippen molar-refractivity contribution in [3.63, 3.8) is 0 Å². The minimum absolute atomic E-state index is 0.0235. The van der Waals surface area contributed by atoms with Crippen LogP contribution in [0.3, 0.4) is 0 Å². The molecule has 1 aliphatic heterocycles. The number of aliphatic hydroxyl groups excluding tert-OH is 1. The standard InChI is InChI=1S/C17H26FN3O2/c1-2-5-16(22)11-19-17(23)20-14-7-4-9-21(12-14)15-8-3-6-13(18)10-15/h3,6,8,10,14,16,22H,2,4-5,7,9,11-12H2,1H3,(H2,19,20,23). The largest absolute Gasteiger partial charge is 0.391 e. The minimum atomic E-state index is -0.499. The fourth-order valence-electron chi connectivity index (χ4n) is 2.88. The maximum absolute atomic E-state index is 13.3. The summed E-state index contributed by atoms with van der Waals surface area (Å²) in [5, 5.41) is 15.3. The van der Waals surface area contributed by atoms with Crippen molar-refractivity contribution in [2.24, 2.45) is 0 Å². The van der Waals surface area contributed by atoms with Crippen molar-refractivity contribution in [2.45, 2.75) is 44.8 Å². The Kier molecular flexibility index (Phi) is 6.65. The van der Waals surface area contributed by atoms with E-state index in [1.165, 1.54) is 12.1 Å². The first kappa shape index (κ1) is 17.5. The van der Waals surface area contributed by atoms with E-state index in [9.17, 15) is 14.3 Å². The van der Waals surface area contributed by atoms with Gasteiger partial charge in [-0.3, -0.25) is 0 Å². The van der Waals surface area contributed by atoms with E-state index in [0.29, 0.717) is 13.0 Å². The number of carbonyl (C=O) groups excluding carboxylic acids is 1. The van der Waals surface area contributed by atoms with E-state index in [-0.39, 0.29) is 24.4 Å². The Balaban J connectivity index is 1.80. The van der Waals surface area contributed by atoms with E-state index in [2.05, 4.69) is 15.5 Å². The van der Waals surface area contributed by atoms with Gasteiger partial charge in [0, 0.05) is 31.4 Å². The van der Waals surface area contributed by atoms with Crippen LogP contribution in [0.5, 0.6) is 0 Å². The zero-order valence-electron chi connectivity index (χ0n) is 13.6. The molecule has 23 heavy (non-hydrogen) atoms. The SMILES string of the molecule is CCCC(O)CNC(=O)NC1CCCN(c2cccc(F)c2)C1. The molecule has 0 spiro atoms. The Hall–Kier alpha value is -1.82. The van der Waals surface area contributed by atoms with Gasteiger partial charge in [0.2, 0.25) is 0 Å². The Bertz CT molecular complexity index is 512. The molecule has 0 bridgehead atoms. The molecular weight excluding hydrogens is 297 g/mol. The molecule has 1 aromatic rings. The Morgan fingerprint density at radius 2 is 2.35 bits per heavy atom. The zero-order chi connectivity index (χ0) is 16.7. The number of anilines is 1. The summed E-state index contributed by atoms with van der Waals surface area (Å²) < 4.78 is 13.3. The normalized spacial score (nSPS) is 19.3. The van der Waals surface area contributed by atoms with Gasteiger partial charge >= 0.3 is 6.03 Å². The number of nitrogens with one attached hydrogen (secondary N) is 2. The third-order valence-corrected chi connectivity index (χ3v) is 4.05. The highest BCUT2D eigenvalue weighted by molar-refractivity contribution is 5.74. The predicted octanol–water partition coefficient (Wildman–Crippen LogP) is 2.25. The van der Waals surface area contributed by atoms with Gasteiger partial charge in [-0.25, -0.2) is 9.18 Å². The van der Waals surface area contributed by atoms with Gasteiger partial charge < -0.3 is 20.6 Å². The first-order valence-electron chi connectivity index (χ1n) is 8.31. The van der Waals surface area contributed by atoms with Crippen LogP contribution in [0.4, 0.5) is 14.9 Å². The summed E-state index contributed by atoms with van der Waals surface area (Å²) in [6.07, 6.45) is 2.91. The van der Waals surface area contributed by atoms with Crippen LogP contribution in [0.1, 0.15) is 32.6 Å². The summed E-state index contributed by atoms with van der Waals surface area (Å²) in [4.78, 5) is 14.0. The maximum Gasteiger partial charge on any atom is 0.315 e. The average molecular weight is 323 g/mol. The number of piperidine rings is 1. The zero-order valence-corrected chi connectivity index (χ0v) is 13.6. The third kappa shape index (κ3) is 5.71. The summed E-state index contributed by atoms with van der Waals surface area (Å²) >= 11 is 0. The molecule has 1 aromatic carbocycles. The monoisotopic (exact) mass is 323 g/mol. The van der Waals surface area contributed by atoms with Crippen molar-refractivity contribution in [2.75, 3.05) is 24.5 Å². The van der Waals surface area contributed by atoms with Crippen molar-refractivity contribution in [1.29, 1.82) is 0 Å². The molecule has 0 radical (unpaired) electrons. The number of rotatable bonds is 6. The smallest absolute Gasteiger partial charge is 0.315 e. The van der Waals surface area contributed by atoms with Gasteiger partial charge in [-0.2, -0.15) is 0 Å².